The fourth-order valence-electron chi connectivity index (χ4n) is 3.42. The number of hydrogen-bond acceptors (Lipinski definition) is 5. The fraction of sp³-hybridized carbons (Fsp3) is 0. The first-order chi connectivity index (χ1) is 14.7. The summed E-state index contributed by atoms with van der Waals surface area (Å²) in [6.07, 6.45) is 7.99. The molecule has 0 fully saturated rings. The summed E-state index contributed by atoms with van der Waals surface area (Å²) in [4.78, 5) is 38.8. The first-order valence-electron chi connectivity index (χ1n) is 9.28. The lowest BCUT2D eigenvalue weighted by molar-refractivity contribution is 0.102. The largest absolute Gasteiger partial charge is 0.322 e. The van der Waals surface area contributed by atoms with Gasteiger partial charge in [-0.05, 0) is 36.4 Å². The van der Waals surface area contributed by atoms with Gasteiger partial charge in [0.2, 0.25) is 5.43 Å². The maximum atomic E-state index is 13.1. The summed E-state index contributed by atoms with van der Waals surface area (Å²) < 4.78 is 1.74. The number of fused-ring (bicyclic) bond motifs is 2. The maximum Gasteiger partial charge on any atom is 0.261 e. The minimum Gasteiger partial charge on any atom is -0.322 e. The summed E-state index contributed by atoms with van der Waals surface area (Å²) in [6.45, 7) is 0. The summed E-state index contributed by atoms with van der Waals surface area (Å²) in [5.74, 6) is -0.501. The summed E-state index contributed by atoms with van der Waals surface area (Å²) in [6, 6.07) is 16.2. The molecule has 0 aliphatic carbocycles. The van der Waals surface area contributed by atoms with Gasteiger partial charge in [-0.25, -0.2) is 4.98 Å². The average Bonchev–Trinajstić information content (AvgIpc) is 2.80. The van der Waals surface area contributed by atoms with E-state index >= 15 is 0 Å². The van der Waals surface area contributed by atoms with Gasteiger partial charge < -0.3 is 5.32 Å². The van der Waals surface area contributed by atoms with Gasteiger partial charge in [0, 0.05) is 42.1 Å². The van der Waals surface area contributed by atoms with Crippen molar-refractivity contribution in [3.8, 4) is 5.69 Å². The monoisotopic (exact) mass is 393 g/mol. The minimum absolute atomic E-state index is 0.0141. The van der Waals surface area contributed by atoms with Crippen LogP contribution in [0.5, 0.6) is 0 Å². The van der Waals surface area contributed by atoms with E-state index < -0.39 is 5.91 Å². The molecule has 4 heterocycles. The second kappa shape index (κ2) is 7.21. The third kappa shape index (κ3) is 2.98. The zero-order valence-corrected chi connectivity index (χ0v) is 15.7. The summed E-state index contributed by atoms with van der Waals surface area (Å²) in [5.41, 5.74) is 2.13. The van der Waals surface area contributed by atoms with Gasteiger partial charge in [0.05, 0.1) is 16.6 Å². The van der Waals surface area contributed by atoms with Crippen molar-refractivity contribution in [2.24, 2.45) is 0 Å². The molecule has 0 atom stereocenters. The molecule has 1 amide bonds. The van der Waals surface area contributed by atoms with Gasteiger partial charge in [0.15, 0.2) is 0 Å². The van der Waals surface area contributed by atoms with Crippen molar-refractivity contribution in [3.63, 3.8) is 0 Å². The van der Waals surface area contributed by atoms with E-state index in [-0.39, 0.29) is 11.0 Å². The molecule has 1 aromatic carbocycles. The number of nitrogens with one attached hydrogen (secondary N) is 1. The zero-order chi connectivity index (χ0) is 20.5. The molecule has 0 aliphatic heterocycles. The first kappa shape index (κ1) is 17.7. The van der Waals surface area contributed by atoms with Gasteiger partial charge >= 0.3 is 0 Å². The topological polar surface area (TPSA) is 89.8 Å². The number of hydrogen-bond donors (Lipinski definition) is 1. The Kier molecular flexibility index (Phi) is 4.25. The Hall–Kier alpha value is -4.39. The molecular weight excluding hydrogens is 378 g/mol. The van der Waals surface area contributed by atoms with Crippen LogP contribution in [0.3, 0.4) is 0 Å². The third-order valence-electron chi connectivity index (χ3n) is 4.82. The van der Waals surface area contributed by atoms with E-state index in [1.54, 1.807) is 53.6 Å². The molecule has 7 heteroatoms. The molecule has 30 heavy (non-hydrogen) atoms. The van der Waals surface area contributed by atoms with Crippen molar-refractivity contribution in [2.45, 2.75) is 0 Å². The predicted octanol–water partition coefficient (Wildman–Crippen LogP) is 3.58. The van der Waals surface area contributed by atoms with Crippen LogP contribution in [0.2, 0.25) is 0 Å². The van der Waals surface area contributed by atoms with Crippen molar-refractivity contribution < 1.29 is 4.79 Å². The Morgan fingerprint density at radius 2 is 1.63 bits per heavy atom. The number of carbonyl (C=O) groups excluding carboxylic acids is 1. The van der Waals surface area contributed by atoms with Crippen LogP contribution in [0.4, 0.5) is 5.69 Å². The van der Waals surface area contributed by atoms with E-state index in [0.717, 1.165) is 16.6 Å². The van der Waals surface area contributed by atoms with Gasteiger partial charge in [-0.3, -0.25) is 24.1 Å². The van der Waals surface area contributed by atoms with Gasteiger partial charge in [-0.2, -0.15) is 0 Å². The van der Waals surface area contributed by atoms with Gasteiger partial charge in [-0.15, -0.1) is 0 Å². The SMILES string of the molecule is O=C(Nc1ccncc1)c1cn(-c2cccc3cccnc23)c2ncccc2c1=O. The van der Waals surface area contributed by atoms with Crippen molar-refractivity contribution in [1.82, 2.24) is 19.5 Å². The lowest BCUT2D eigenvalue weighted by Crippen LogP contribution is -2.24. The molecular formula is C23H15N5O2. The number of rotatable bonds is 3. The highest BCUT2D eigenvalue weighted by molar-refractivity contribution is 6.06. The van der Waals surface area contributed by atoms with Crippen molar-refractivity contribution in [2.75, 3.05) is 5.32 Å². The molecule has 144 valence electrons. The normalized spacial score (nSPS) is 10.9. The van der Waals surface area contributed by atoms with Crippen LogP contribution in [0.25, 0.3) is 27.6 Å². The summed E-state index contributed by atoms with van der Waals surface area (Å²) in [7, 11) is 0. The van der Waals surface area contributed by atoms with E-state index in [0.29, 0.717) is 16.7 Å². The Bertz CT molecular complexity index is 1460. The Morgan fingerprint density at radius 3 is 2.50 bits per heavy atom. The molecule has 0 saturated heterocycles. The van der Waals surface area contributed by atoms with Gasteiger partial charge in [-0.1, -0.05) is 18.2 Å². The standard InChI is InChI=1S/C23H15N5O2/c29-21-17-6-3-11-26-22(17)28(19-7-1-4-15-5-2-10-25-20(15)19)14-18(21)23(30)27-16-8-12-24-13-9-16/h1-14H,(H,24,27,30). The molecule has 1 N–H and O–H groups in total. The second-order valence-electron chi connectivity index (χ2n) is 6.66. The number of carbonyl (C=O) groups is 1. The summed E-state index contributed by atoms with van der Waals surface area (Å²) in [5, 5.41) is 4.05. The van der Waals surface area contributed by atoms with Crippen LogP contribution in [-0.2, 0) is 0 Å². The van der Waals surface area contributed by atoms with Crippen LogP contribution in [0.1, 0.15) is 10.4 Å². The predicted molar refractivity (Wildman–Crippen MR) is 115 cm³/mol. The Morgan fingerprint density at radius 1 is 0.867 bits per heavy atom. The molecule has 5 aromatic rings. The van der Waals surface area contributed by atoms with E-state index in [2.05, 4.69) is 20.3 Å². The quantitative estimate of drug-likeness (QED) is 0.506. The smallest absolute Gasteiger partial charge is 0.261 e. The van der Waals surface area contributed by atoms with E-state index in [4.69, 9.17) is 0 Å². The molecule has 4 aromatic heterocycles. The number of anilines is 1. The zero-order valence-electron chi connectivity index (χ0n) is 15.7. The highest BCUT2D eigenvalue weighted by atomic mass is 16.2. The molecule has 0 unspecified atom stereocenters. The summed E-state index contributed by atoms with van der Waals surface area (Å²) >= 11 is 0. The lowest BCUT2D eigenvalue weighted by Gasteiger charge is -2.14. The molecule has 0 bridgehead atoms. The van der Waals surface area contributed by atoms with Gasteiger partial charge in [0.25, 0.3) is 5.91 Å². The lowest BCUT2D eigenvalue weighted by atomic mass is 10.1. The van der Waals surface area contributed by atoms with Crippen molar-refractivity contribution in [3.05, 3.63) is 101 Å². The number of nitrogens with zero attached hydrogens (tertiary/aromatic N) is 4. The molecule has 0 spiro atoms. The molecule has 7 nitrogen and oxygen atoms in total. The van der Waals surface area contributed by atoms with Crippen LogP contribution >= 0.6 is 0 Å². The fourth-order valence-corrected chi connectivity index (χ4v) is 3.42. The molecule has 0 saturated carbocycles. The molecule has 5 rings (SSSR count). The number of para-hydroxylation sites is 1. The van der Waals surface area contributed by atoms with Crippen LogP contribution < -0.4 is 10.7 Å². The van der Waals surface area contributed by atoms with Crippen molar-refractivity contribution in [1.29, 1.82) is 0 Å². The Balaban J connectivity index is 1.75. The number of pyridine rings is 4. The third-order valence-corrected chi connectivity index (χ3v) is 4.82. The molecule has 0 aliphatic rings. The average molecular weight is 393 g/mol. The van der Waals surface area contributed by atoms with E-state index in [1.165, 1.54) is 6.20 Å². The van der Waals surface area contributed by atoms with Crippen molar-refractivity contribution >= 4 is 33.5 Å². The highest BCUT2D eigenvalue weighted by Crippen LogP contribution is 2.23. The number of aromatic nitrogens is 4. The number of benzene rings is 1. The second-order valence-corrected chi connectivity index (χ2v) is 6.66. The van der Waals surface area contributed by atoms with Crippen LogP contribution in [-0.4, -0.2) is 25.4 Å². The van der Waals surface area contributed by atoms with E-state index in [9.17, 15) is 9.59 Å². The van der Waals surface area contributed by atoms with Crippen LogP contribution in [0.15, 0.2) is 90.4 Å². The number of amides is 1. The van der Waals surface area contributed by atoms with E-state index in [1.807, 2.05) is 30.3 Å². The van der Waals surface area contributed by atoms with Crippen LogP contribution in [0, 0.1) is 0 Å². The highest BCUT2D eigenvalue weighted by Gasteiger charge is 2.18. The maximum absolute atomic E-state index is 13.1. The molecule has 0 radical (unpaired) electrons. The Labute approximate surface area is 170 Å². The first-order valence-corrected chi connectivity index (χ1v) is 9.28. The minimum atomic E-state index is -0.501. The van der Waals surface area contributed by atoms with Gasteiger partial charge in [0.1, 0.15) is 11.2 Å².